The lowest BCUT2D eigenvalue weighted by atomic mass is 10.1. The van der Waals surface area contributed by atoms with E-state index in [9.17, 15) is 5.11 Å². The van der Waals surface area contributed by atoms with E-state index < -0.39 is 0 Å². The second-order valence-corrected chi connectivity index (χ2v) is 4.73. The van der Waals surface area contributed by atoms with E-state index in [1.807, 2.05) is 6.92 Å². The largest absolute Gasteiger partial charge is 0.392 e. The van der Waals surface area contributed by atoms with Crippen LogP contribution in [0.1, 0.15) is 27.7 Å². The maximum absolute atomic E-state index is 9.28. The van der Waals surface area contributed by atoms with E-state index in [0.29, 0.717) is 0 Å². The average Bonchev–Trinajstić information content (AvgIpc) is 1.78. The third-order valence-electron chi connectivity index (χ3n) is 2.16. The van der Waals surface area contributed by atoms with Crippen LogP contribution >= 0.6 is 0 Å². The molecule has 1 saturated heterocycles. The monoisotopic (exact) mass is 187 g/mol. The predicted molar refractivity (Wildman–Crippen MR) is 52.7 cm³/mol. The van der Waals surface area contributed by atoms with Gasteiger partial charge >= 0.3 is 0 Å². The van der Waals surface area contributed by atoms with E-state index in [1.54, 1.807) is 0 Å². The van der Waals surface area contributed by atoms with Gasteiger partial charge in [0.1, 0.15) is 0 Å². The Morgan fingerprint density at radius 2 is 2.23 bits per heavy atom. The first-order valence-corrected chi connectivity index (χ1v) is 4.97. The Balaban J connectivity index is 2.48. The van der Waals surface area contributed by atoms with Crippen LogP contribution in [0.5, 0.6) is 0 Å². The van der Waals surface area contributed by atoms with Gasteiger partial charge in [-0.3, -0.25) is 4.90 Å². The molecule has 0 amide bonds. The third kappa shape index (κ3) is 3.63. The van der Waals surface area contributed by atoms with Gasteiger partial charge in [0.05, 0.1) is 17.8 Å². The lowest BCUT2D eigenvalue weighted by Gasteiger charge is -2.42. The molecule has 13 heavy (non-hydrogen) atoms. The van der Waals surface area contributed by atoms with Crippen LogP contribution in [0.3, 0.4) is 0 Å². The van der Waals surface area contributed by atoms with E-state index in [1.165, 1.54) is 0 Å². The molecule has 1 N–H and O–H groups in total. The summed E-state index contributed by atoms with van der Waals surface area (Å²) < 4.78 is 5.76. The van der Waals surface area contributed by atoms with Gasteiger partial charge in [-0.15, -0.1) is 0 Å². The number of β-amino-alcohol motifs (C(OH)–C–C–N with tert-alkyl or cyclic N) is 1. The maximum atomic E-state index is 9.28. The Labute approximate surface area is 80.7 Å². The Kier molecular flexibility index (Phi) is 3.33. The van der Waals surface area contributed by atoms with Gasteiger partial charge < -0.3 is 9.84 Å². The summed E-state index contributed by atoms with van der Waals surface area (Å²) in [6, 6.07) is 0. The minimum atomic E-state index is -0.249. The molecule has 1 rings (SSSR count). The van der Waals surface area contributed by atoms with Crippen LogP contribution in [0.25, 0.3) is 0 Å². The minimum absolute atomic E-state index is 0.0768. The van der Waals surface area contributed by atoms with Crippen molar-refractivity contribution in [3.8, 4) is 0 Å². The SMILES string of the molecule is CC1CN(C[C@H](C)O)CC(C)(C)O1. The second kappa shape index (κ2) is 3.95. The van der Waals surface area contributed by atoms with E-state index in [4.69, 9.17) is 4.74 Å². The molecule has 1 aliphatic heterocycles. The summed E-state index contributed by atoms with van der Waals surface area (Å²) in [7, 11) is 0. The number of nitrogens with zero attached hydrogens (tertiary/aromatic N) is 1. The summed E-state index contributed by atoms with van der Waals surface area (Å²) >= 11 is 0. The number of hydrogen-bond acceptors (Lipinski definition) is 3. The molecule has 0 aromatic heterocycles. The first-order chi connectivity index (χ1) is 5.89. The molecule has 0 spiro atoms. The fourth-order valence-electron chi connectivity index (χ4n) is 2.10. The molecule has 0 aliphatic carbocycles. The van der Waals surface area contributed by atoms with Crippen molar-refractivity contribution in [3.05, 3.63) is 0 Å². The van der Waals surface area contributed by atoms with Crippen LogP contribution in [0, 0.1) is 0 Å². The van der Waals surface area contributed by atoms with Gasteiger partial charge in [0, 0.05) is 19.6 Å². The molecule has 0 radical (unpaired) electrons. The van der Waals surface area contributed by atoms with Crippen molar-refractivity contribution < 1.29 is 9.84 Å². The highest BCUT2D eigenvalue weighted by atomic mass is 16.5. The van der Waals surface area contributed by atoms with E-state index in [0.717, 1.165) is 19.6 Å². The lowest BCUT2D eigenvalue weighted by Crippen LogP contribution is -2.53. The highest BCUT2D eigenvalue weighted by Crippen LogP contribution is 2.20. The van der Waals surface area contributed by atoms with E-state index in [2.05, 4.69) is 25.7 Å². The topological polar surface area (TPSA) is 32.7 Å². The first kappa shape index (κ1) is 11.0. The molecule has 0 aromatic rings. The Morgan fingerprint density at radius 1 is 1.62 bits per heavy atom. The Bertz CT molecular complexity index is 166. The Hall–Kier alpha value is -0.120. The van der Waals surface area contributed by atoms with Gasteiger partial charge in [-0.05, 0) is 27.7 Å². The minimum Gasteiger partial charge on any atom is -0.392 e. The summed E-state index contributed by atoms with van der Waals surface area (Å²) in [5, 5.41) is 9.28. The number of morpholine rings is 1. The summed E-state index contributed by atoms with van der Waals surface area (Å²) in [5.41, 5.74) is -0.0768. The molecular weight excluding hydrogens is 166 g/mol. The van der Waals surface area contributed by atoms with Gasteiger partial charge in [-0.1, -0.05) is 0 Å². The molecule has 0 bridgehead atoms. The smallest absolute Gasteiger partial charge is 0.0757 e. The molecular formula is C10H21NO2. The van der Waals surface area contributed by atoms with Gasteiger partial charge in [0.15, 0.2) is 0 Å². The maximum Gasteiger partial charge on any atom is 0.0757 e. The zero-order chi connectivity index (χ0) is 10.1. The predicted octanol–water partition coefficient (Wildman–Crippen LogP) is 0.866. The van der Waals surface area contributed by atoms with Gasteiger partial charge in [0.25, 0.3) is 0 Å². The summed E-state index contributed by atoms with van der Waals surface area (Å²) in [4.78, 5) is 2.26. The van der Waals surface area contributed by atoms with Crippen LogP contribution < -0.4 is 0 Å². The van der Waals surface area contributed by atoms with Crippen molar-refractivity contribution in [3.63, 3.8) is 0 Å². The van der Waals surface area contributed by atoms with Gasteiger partial charge in [-0.2, -0.15) is 0 Å². The van der Waals surface area contributed by atoms with Crippen LogP contribution in [0.15, 0.2) is 0 Å². The fourth-order valence-corrected chi connectivity index (χ4v) is 2.10. The number of rotatable bonds is 2. The zero-order valence-corrected chi connectivity index (χ0v) is 9.08. The zero-order valence-electron chi connectivity index (χ0n) is 9.08. The Morgan fingerprint density at radius 3 is 2.69 bits per heavy atom. The molecule has 2 atom stereocenters. The number of aliphatic hydroxyl groups excluding tert-OH is 1. The lowest BCUT2D eigenvalue weighted by molar-refractivity contribution is -0.133. The van der Waals surface area contributed by atoms with Crippen molar-refractivity contribution in [2.45, 2.75) is 45.5 Å². The highest BCUT2D eigenvalue weighted by molar-refractivity contribution is 4.82. The third-order valence-corrected chi connectivity index (χ3v) is 2.16. The number of ether oxygens (including phenoxy) is 1. The first-order valence-electron chi connectivity index (χ1n) is 4.97. The summed E-state index contributed by atoms with van der Waals surface area (Å²) in [5.74, 6) is 0. The highest BCUT2D eigenvalue weighted by Gasteiger charge is 2.31. The standard InChI is InChI=1S/C10H21NO2/c1-8(12)5-11-6-9(2)13-10(3,4)7-11/h8-9,12H,5-7H2,1-4H3/t8-,9?/m0/s1. The fraction of sp³-hybridized carbons (Fsp3) is 1.00. The van der Waals surface area contributed by atoms with Crippen molar-refractivity contribution in [2.24, 2.45) is 0 Å². The van der Waals surface area contributed by atoms with Crippen molar-refractivity contribution in [2.75, 3.05) is 19.6 Å². The average molecular weight is 187 g/mol. The van der Waals surface area contributed by atoms with Crippen molar-refractivity contribution in [1.29, 1.82) is 0 Å². The van der Waals surface area contributed by atoms with Crippen LogP contribution in [0.2, 0.25) is 0 Å². The van der Waals surface area contributed by atoms with Crippen molar-refractivity contribution >= 4 is 0 Å². The second-order valence-electron chi connectivity index (χ2n) is 4.73. The molecule has 3 nitrogen and oxygen atoms in total. The van der Waals surface area contributed by atoms with Crippen LogP contribution in [0.4, 0.5) is 0 Å². The molecule has 0 aromatic carbocycles. The van der Waals surface area contributed by atoms with Crippen molar-refractivity contribution in [1.82, 2.24) is 4.90 Å². The van der Waals surface area contributed by atoms with Crippen LogP contribution in [-0.4, -0.2) is 47.4 Å². The molecule has 3 heteroatoms. The summed E-state index contributed by atoms with van der Waals surface area (Å²) in [6.45, 7) is 10.7. The number of hydrogen-bond donors (Lipinski definition) is 1. The van der Waals surface area contributed by atoms with Crippen LogP contribution in [-0.2, 0) is 4.74 Å². The van der Waals surface area contributed by atoms with E-state index in [-0.39, 0.29) is 17.8 Å². The molecule has 1 heterocycles. The number of aliphatic hydroxyl groups is 1. The molecule has 1 unspecified atom stereocenters. The molecule has 1 fully saturated rings. The van der Waals surface area contributed by atoms with Gasteiger partial charge in [-0.25, -0.2) is 0 Å². The van der Waals surface area contributed by atoms with Gasteiger partial charge in [0.2, 0.25) is 0 Å². The van der Waals surface area contributed by atoms with E-state index >= 15 is 0 Å². The molecule has 78 valence electrons. The normalized spacial score (nSPS) is 31.6. The quantitative estimate of drug-likeness (QED) is 0.696. The molecule has 1 aliphatic rings. The summed E-state index contributed by atoms with van der Waals surface area (Å²) in [6.07, 6.45) is 0.0172. The molecule has 0 saturated carbocycles.